The van der Waals surface area contributed by atoms with Crippen molar-refractivity contribution in [1.82, 2.24) is 20.0 Å². The Kier molecular flexibility index (Phi) is 6.77. The number of morpholine rings is 1. The molecule has 0 unspecified atom stereocenters. The molecule has 1 aromatic carbocycles. The van der Waals surface area contributed by atoms with Gasteiger partial charge in [0.2, 0.25) is 0 Å². The van der Waals surface area contributed by atoms with Gasteiger partial charge in [0.25, 0.3) is 5.91 Å². The highest BCUT2D eigenvalue weighted by Crippen LogP contribution is 2.30. The smallest absolute Gasteiger partial charge is 0.257 e. The summed E-state index contributed by atoms with van der Waals surface area (Å²) in [6.07, 6.45) is 3.94. The first-order valence-electron chi connectivity index (χ1n) is 11.7. The Morgan fingerprint density at radius 3 is 2.39 bits per heavy atom. The molecule has 168 valence electrons. The fourth-order valence-electron chi connectivity index (χ4n) is 4.94. The Hall–Kier alpha value is -2.18. The zero-order valence-electron chi connectivity index (χ0n) is 19.3. The average molecular weight is 425 g/mol. The Bertz CT molecular complexity index is 858. The van der Waals surface area contributed by atoms with Crippen LogP contribution in [0.5, 0.6) is 0 Å². The number of aromatic nitrogens is 2. The second-order valence-corrected chi connectivity index (χ2v) is 9.61. The number of H-pyrrole nitrogens is 1. The van der Waals surface area contributed by atoms with E-state index < -0.39 is 0 Å². The molecule has 1 amide bonds. The molecule has 2 aromatic rings. The number of piperidine rings is 1. The van der Waals surface area contributed by atoms with E-state index >= 15 is 0 Å². The normalized spacial score (nSPS) is 23.5. The Morgan fingerprint density at radius 1 is 1.13 bits per heavy atom. The summed E-state index contributed by atoms with van der Waals surface area (Å²) >= 11 is 0. The zero-order valence-corrected chi connectivity index (χ0v) is 19.3. The Morgan fingerprint density at radius 2 is 1.77 bits per heavy atom. The molecule has 0 saturated carbocycles. The number of nitrogens with one attached hydrogen (secondary N) is 1. The first-order valence-corrected chi connectivity index (χ1v) is 11.7. The molecular weight excluding hydrogens is 388 g/mol. The lowest BCUT2D eigenvalue weighted by molar-refractivity contribution is -0.0586. The van der Waals surface area contributed by atoms with Crippen molar-refractivity contribution >= 4 is 5.91 Å². The number of rotatable bonds is 5. The fourth-order valence-corrected chi connectivity index (χ4v) is 4.94. The lowest BCUT2D eigenvalue weighted by Crippen LogP contribution is -2.48. The van der Waals surface area contributed by atoms with E-state index in [1.807, 2.05) is 18.7 Å². The van der Waals surface area contributed by atoms with E-state index in [0.29, 0.717) is 24.9 Å². The van der Waals surface area contributed by atoms with E-state index in [1.54, 1.807) is 6.20 Å². The largest absolute Gasteiger partial charge is 0.372 e. The Balaban J connectivity index is 1.35. The summed E-state index contributed by atoms with van der Waals surface area (Å²) in [5, 5.41) is 7.40. The van der Waals surface area contributed by atoms with Gasteiger partial charge in [0.05, 0.1) is 29.7 Å². The lowest BCUT2D eigenvalue weighted by Gasteiger charge is -2.36. The van der Waals surface area contributed by atoms with Crippen LogP contribution in [0.2, 0.25) is 0 Å². The summed E-state index contributed by atoms with van der Waals surface area (Å²) in [7, 11) is 0. The molecule has 3 heterocycles. The minimum atomic E-state index is 0.0703. The highest BCUT2D eigenvalue weighted by molar-refractivity contribution is 5.95. The molecule has 4 rings (SSSR count). The highest BCUT2D eigenvalue weighted by Gasteiger charge is 2.31. The number of hydrogen-bond acceptors (Lipinski definition) is 4. The van der Waals surface area contributed by atoms with E-state index in [-0.39, 0.29) is 18.1 Å². The van der Waals surface area contributed by atoms with Crippen molar-refractivity contribution in [2.45, 2.75) is 71.1 Å². The van der Waals surface area contributed by atoms with E-state index in [0.717, 1.165) is 43.7 Å². The third kappa shape index (κ3) is 5.18. The molecule has 0 aliphatic carbocycles. The van der Waals surface area contributed by atoms with Crippen LogP contribution in [0.1, 0.15) is 79.6 Å². The van der Waals surface area contributed by atoms with Crippen LogP contribution in [0.3, 0.4) is 0 Å². The Labute approximate surface area is 186 Å². The van der Waals surface area contributed by atoms with Gasteiger partial charge in [-0.1, -0.05) is 38.1 Å². The number of carbonyl (C=O) groups is 1. The molecule has 2 atom stereocenters. The molecule has 0 spiro atoms. The SMILES string of the molecule is CC(C)c1ccc(CN2CCC(c3[nH]ncc3C(=O)N3C[C@@H](C)O[C@@H](C)C3)CC2)cc1. The van der Waals surface area contributed by atoms with Gasteiger partial charge in [-0.2, -0.15) is 5.10 Å². The maximum atomic E-state index is 13.2. The number of carbonyl (C=O) groups excluding carboxylic acids is 1. The summed E-state index contributed by atoms with van der Waals surface area (Å²) in [6, 6.07) is 9.03. The first kappa shape index (κ1) is 22.0. The van der Waals surface area contributed by atoms with Crippen molar-refractivity contribution in [3.05, 3.63) is 52.8 Å². The van der Waals surface area contributed by atoms with Gasteiger partial charge in [0.15, 0.2) is 0 Å². The molecule has 31 heavy (non-hydrogen) atoms. The molecule has 2 aliphatic rings. The molecule has 2 fully saturated rings. The second kappa shape index (κ2) is 9.53. The summed E-state index contributed by atoms with van der Waals surface area (Å²) in [4.78, 5) is 17.6. The third-order valence-corrected chi connectivity index (χ3v) is 6.65. The number of benzene rings is 1. The van der Waals surface area contributed by atoms with Gasteiger partial charge in [-0.3, -0.25) is 14.8 Å². The van der Waals surface area contributed by atoms with Crippen LogP contribution in [0.25, 0.3) is 0 Å². The maximum absolute atomic E-state index is 13.2. The number of amides is 1. The second-order valence-electron chi connectivity index (χ2n) is 9.61. The molecular formula is C25H36N4O2. The van der Waals surface area contributed by atoms with Crippen molar-refractivity contribution in [2.24, 2.45) is 0 Å². The van der Waals surface area contributed by atoms with Gasteiger partial charge in [-0.05, 0) is 56.8 Å². The maximum Gasteiger partial charge on any atom is 0.257 e. The van der Waals surface area contributed by atoms with Crippen LogP contribution in [0, 0.1) is 0 Å². The van der Waals surface area contributed by atoms with Crippen LogP contribution in [-0.2, 0) is 11.3 Å². The quantitative estimate of drug-likeness (QED) is 0.783. The van der Waals surface area contributed by atoms with Gasteiger partial charge >= 0.3 is 0 Å². The van der Waals surface area contributed by atoms with Gasteiger partial charge in [-0.25, -0.2) is 0 Å². The number of aromatic amines is 1. The van der Waals surface area contributed by atoms with Crippen molar-refractivity contribution in [1.29, 1.82) is 0 Å². The molecule has 6 heteroatoms. The molecule has 2 saturated heterocycles. The van der Waals surface area contributed by atoms with Crippen molar-refractivity contribution in [3.8, 4) is 0 Å². The fraction of sp³-hybridized carbons (Fsp3) is 0.600. The monoisotopic (exact) mass is 424 g/mol. The van der Waals surface area contributed by atoms with Gasteiger partial charge in [0, 0.05) is 25.6 Å². The van der Waals surface area contributed by atoms with Crippen molar-refractivity contribution in [3.63, 3.8) is 0 Å². The molecule has 1 N–H and O–H groups in total. The van der Waals surface area contributed by atoms with Crippen LogP contribution < -0.4 is 0 Å². The standard InChI is InChI=1S/C25H36N4O2/c1-17(2)21-7-5-20(6-8-21)16-28-11-9-22(10-12-28)24-23(13-26-27-24)25(30)29-14-18(3)31-19(4)15-29/h5-8,13,17-19,22H,9-12,14-16H2,1-4H3,(H,26,27)/t18-,19+. The minimum absolute atomic E-state index is 0.0703. The average Bonchev–Trinajstić information content (AvgIpc) is 3.23. The highest BCUT2D eigenvalue weighted by atomic mass is 16.5. The first-order chi connectivity index (χ1) is 14.9. The molecule has 6 nitrogen and oxygen atoms in total. The van der Waals surface area contributed by atoms with E-state index in [1.165, 1.54) is 11.1 Å². The van der Waals surface area contributed by atoms with Crippen molar-refractivity contribution < 1.29 is 9.53 Å². The number of hydrogen-bond donors (Lipinski definition) is 1. The molecule has 0 bridgehead atoms. The third-order valence-electron chi connectivity index (χ3n) is 6.65. The number of likely N-dealkylation sites (tertiary alicyclic amines) is 1. The number of nitrogens with zero attached hydrogens (tertiary/aromatic N) is 3. The van der Waals surface area contributed by atoms with E-state index in [4.69, 9.17) is 4.74 Å². The van der Waals surface area contributed by atoms with E-state index in [2.05, 4.69) is 53.2 Å². The molecule has 2 aliphatic heterocycles. The summed E-state index contributed by atoms with van der Waals surface area (Å²) in [5.41, 5.74) is 4.51. The van der Waals surface area contributed by atoms with Crippen LogP contribution in [-0.4, -0.2) is 64.3 Å². The molecule has 1 aromatic heterocycles. The summed E-state index contributed by atoms with van der Waals surface area (Å²) in [6.45, 7) is 12.9. The van der Waals surface area contributed by atoms with Crippen LogP contribution >= 0.6 is 0 Å². The zero-order chi connectivity index (χ0) is 22.0. The van der Waals surface area contributed by atoms with Gasteiger partial charge in [-0.15, -0.1) is 0 Å². The van der Waals surface area contributed by atoms with Crippen LogP contribution in [0.4, 0.5) is 0 Å². The molecule has 0 radical (unpaired) electrons. The topological polar surface area (TPSA) is 61.5 Å². The van der Waals surface area contributed by atoms with Crippen LogP contribution in [0.15, 0.2) is 30.5 Å². The van der Waals surface area contributed by atoms with Crippen molar-refractivity contribution in [2.75, 3.05) is 26.2 Å². The summed E-state index contributed by atoms with van der Waals surface area (Å²) in [5.74, 6) is 1.01. The summed E-state index contributed by atoms with van der Waals surface area (Å²) < 4.78 is 5.79. The number of ether oxygens (including phenoxy) is 1. The lowest BCUT2D eigenvalue weighted by atomic mass is 9.90. The van der Waals surface area contributed by atoms with Gasteiger partial charge in [0.1, 0.15) is 0 Å². The minimum Gasteiger partial charge on any atom is -0.372 e. The predicted molar refractivity (Wildman–Crippen MR) is 122 cm³/mol. The predicted octanol–water partition coefficient (Wildman–Crippen LogP) is 4.16. The van der Waals surface area contributed by atoms with Gasteiger partial charge < -0.3 is 9.64 Å². The van der Waals surface area contributed by atoms with E-state index in [9.17, 15) is 4.79 Å².